The fourth-order valence-corrected chi connectivity index (χ4v) is 4.58. The molecule has 2 aliphatic heterocycles. The first-order valence-electron chi connectivity index (χ1n) is 10.3. The standard InChI is InChI=1S/C23H27ClN2O4/c1-15(27)25-18-5-2-16(3-6-18)21(29)14-26-10-8-23(9-11-26)13-20(28)19-12-17(24)4-7-22(19)30-23/h2-7,12,20-21,28-29H,8-11,13-14H2,1H3,(H,25,27)/t20-,21+/m1/s1. The van der Waals surface area contributed by atoms with Crippen LogP contribution in [-0.4, -0.2) is 46.3 Å². The number of carbonyl (C=O) groups excluding carboxylic acids is 1. The normalized spacial score (nSPS) is 21.5. The number of β-amino-alcohol motifs (C(OH)–C–C–N with tert-alkyl or cyclic N) is 1. The summed E-state index contributed by atoms with van der Waals surface area (Å²) in [6.45, 7) is 3.58. The Bertz CT molecular complexity index is 910. The third kappa shape index (κ3) is 4.62. The van der Waals surface area contributed by atoms with Gasteiger partial charge in [-0.1, -0.05) is 23.7 Å². The number of benzene rings is 2. The first kappa shape index (κ1) is 21.1. The van der Waals surface area contributed by atoms with E-state index in [1.54, 1.807) is 24.3 Å². The van der Waals surface area contributed by atoms with Gasteiger partial charge in [0.1, 0.15) is 11.4 Å². The minimum atomic E-state index is -0.605. The Morgan fingerprint density at radius 1 is 1.27 bits per heavy atom. The number of aliphatic hydroxyl groups excluding tert-OH is 2. The van der Waals surface area contributed by atoms with Gasteiger partial charge in [0.2, 0.25) is 5.91 Å². The van der Waals surface area contributed by atoms with E-state index in [-0.39, 0.29) is 11.5 Å². The summed E-state index contributed by atoms with van der Waals surface area (Å²) in [5.74, 6) is 0.595. The fraction of sp³-hybridized carbons (Fsp3) is 0.435. The number of nitrogens with one attached hydrogen (secondary N) is 1. The number of piperidine rings is 1. The first-order valence-corrected chi connectivity index (χ1v) is 10.7. The third-order valence-electron chi connectivity index (χ3n) is 6.04. The fourth-order valence-electron chi connectivity index (χ4n) is 4.40. The highest BCUT2D eigenvalue weighted by molar-refractivity contribution is 6.30. The molecule has 2 atom stereocenters. The lowest BCUT2D eigenvalue weighted by Gasteiger charge is -2.46. The molecule has 1 amide bonds. The zero-order valence-electron chi connectivity index (χ0n) is 17.0. The highest BCUT2D eigenvalue weighted by atomic mass is 35.5. The third-order valence-corrected chi connectivity index (χ3v) is 6.27. The van der Waals surface area contributed by atoms with Gasteiger partial charge in [0.05, 0.1) is 12.2 Å². The van der Waals surface area contributed by atoms with E-state index in [4.69, 9.17) is 16.3 Å². The molecule has 2 aromatic rings. The summed E-state index contributed by atoms with van der Waals surface area (Å²) < 4.78 is 6.33. The lowest BCUT2D eigenvalue weighted by atomic mass is 9.81. The van der Waals surface area contributed by atoms with Crippen LogP contribution in [0.5, 0.6) is 5.75 Å². The molecule has 6 nitrogen and oxygen atoms in total. The Balaban J connectivity index is 1.34. The SMILES string of the molecule is CC(=O)Nc1ccc([C@@H](O)CN2CCC3(CC2)C[C@@H](O)c2cc(Cl)ccc2O3)cc1. The molecule has 160 valence electrons. The molecule has 0 aliphatic carbocycles. The Morgan fingerprint density at radius 2 is 1.97 bits per heavy atom. The van der Waals surface area contributed by atoms with E-state index < -0.39 is 12.2 Å². The van der Waals surface area contributed by atoms with Gasteiger partial charge >= 0.3 is 0 Å². The number of likely N-dealkylation sites (tertiary alicyclic amines) is 1. The first-order chi connectivity index (χ1) is 14.3. The van der Waals surface area contributed by atoms with E-state index in [0.29, 0.717) is 29.4 Å². The predicted octanol–water partition coefficient (Wildman–Crippen LogP) is 3.68. The lowest BCUT2D eigenvalue weighted by molar-refractivity contribution is -0.114. The molecule has 1 spiro atoms. The second kappa shape index (κ2) is 8.55. The minimum Gasteiger partial charge on any atom is -0.487 e. The number of hydrogen-bond acceptors (Lipinski definition) is 5. The van der Waals surface area contributed by atoms with Crippen LogP contribution in [0, 0.1) is 0 Å². The van der Waals surface area contributed by atoms with Gasteiger partial charge in [-0.2, -0.15) is 0 Å². The average molecular weight is 431 g/mol. The van der Waals surface area contributed by atoms with Crippen LogP contribution in [0.25, 0.3) is 0 Å². The van der Waals surface area contributed by atoms with Crippen LogP contribution in [-0.2, 0) is 4.79 Å². The van der Waals surface area contributed by atoms with Gasteiger partial charge in [-0.15, -0.1) is 0 Å². The molecule has 0 unspecified atom stereocenters. The van der Waals surface area contributed by atoms with E-state index in [0.717, 1.165) is 37.1 Å². The van der Waals surface area contributed by atoms with E-state index >= 15 is 0 Å². The quantitative estimate of drug-likeness (QED) is 0.689. The van der Waals surface area contributed by atoms with Crippen molar-refractivity contribution in [3.63, 3.8) is 0 Å². The molecule has 0 aromatic heterocycles. The molecular weight excluding hydrogens is 404 g/mol. The van der Waals surface area contributed by atoms with Crippen LogP contribution in [0.4, 0.5) is 5.69 Å². The van der Waals surface area contributed by atoms with E-state index in [1.165, 1.54) is 6.92 Å². The zero-order chi connectivity index (χ0) is 21.3. The lowest BCUT2D eigenvalue weighted by Crippen LogP contribution is -2.51. The van der Waals surface area contributed by atoms with Crippen molar-refractivity contribution in [1.29, 1.82) is 0 Å². The highest BCUT2D eigenvalue weighted by Gasteiger charge is 2.43. The number of anilines is 1. The second-order valence-electron chi connectivity index (χ2n) is 8.31. The van der Waals surface area contributed by atoms with Crippen molar-refractivity contribution in [2.24, 2.45) is 0 Å². The number of fused-ring (bicyclic) bond motifs is 1. The number of amides is 1. The van der Waals surface area contributed by atoms with Crippen LogP contribution < -0.4 is 10.1 Å². The predicted molar refractivity (Wildman–Crippen MR) is 116 cm³/mol. The van der Waals surface area contributed by atoms with Crippen molar-refractivity contribution in [1.82, 2.24) is 4.90 Å². The Hall–Kier alpha value is -2.12. The Morgan fingerprint density at radius 3 is 2.63 bits per heavy atom. The van der Waals surface area contributed by atoms with Gasteiger partial charge in [-0.25, -0.2) is 0 Å². The van der Waals surface area contributed by atoms with Gasteiger partial charge in [0, 0.05) is 49.3 Å². The van der Waals surface area contributed by atoms with Gasteiger partial charge in [-0.05, 0) is 48.7 Å². The molecule has 1 fully saturated rings. The number of nitrogens with zero attached hydrogens (tertiary/aromatic N) is 1. The smallest absolute Gasteiger partial charge is 0.221 e. The minimum absolute atomic E-state index is 0.119. The van der Waals surface area contributed by atoms with Crippen LogP contribution in [0.2, 0.25) is 5.02 Å². The summed E-state index contributed by atoms with van der Waals surface area (Å²) in [6.07, 6.45) is 0.958. The van der Waals surface area contributed by atoms with Crippen molar-refractivity contribution >= 4 is 23.2 Å². The molecule has 1 saturated heterocycles. The number of rotatable bonds is 4. The average Bonchev–Trinajstić information content (AvgIpc) is 2.71. The largest absolute Gasteiger partial charge is 0.487 e. The van der Waals surface area contributed by atoms with Gasteiger partial charge < -0.3 is 25.2 Å². The summed E-state index contributed by atoms with van der Waals surface area (Å²) in [6, 6.07) is 12.7. The topological polar surface area (TPSA) is 82.0 Å². The molecule has 2 heterocycles. The zero-order valence-corrected chi connectivity index (χ0v) is 17.7. The molecular formula is C23H27ClN2O4. The number of halogens is 1. The van der Waals surface area contributed by atoms with Crippen molar-refractivity contribution in [3.8, 4) is 5.75 Å². The van der Waals surface area contributed by atoms with Gasteiger partial charge in [0.15, 0.2) is 0 Å². The molecule has 3 N–H and O–H groups in total. The summed E-state index contributed by atoms with van der Waals surface area (Å²) in [5.41, 5.74) is 1.92. The van der Waals surface area contributed by atoms with E-state index in [1.807, 2.05) is 18.2 Å². The number of aliphatic hydroxyl groups is 2. The number of carbonyl (C=O) groups is 1. The molecule has 0 bridgehead atoms. The molecule has 30 heavy (non-hydrogen) atoms. The maximum atomic E-state index is 11.1. The summed E-state index contributed by atoms with van der Waals surface area (Å²) in [4.78, 5) is 13.4. The molecule has 7 heteroatoms. The highest BCUT2D eigenvalue weighted by Crippen LogP contribution is 2.45. The van der Waals surface area contributed by atoms with Crippen LogP contribution in [0.1, 0.15) is 49.5 Å². The van der Waals surface area contributed by atoms with Crippen LogP contribution >= 0.6 is 11.6 Å². The Kier molecular flexibility index (Phi) is 6.02. The van der Waals surface area contributed by atoms with E-state index in [9.17, 15) is 15.0 Å². The van der Waals surface area contributed by atoms with Gasteiger partial charge in [-0.3, -0.25) is 4.79 Å². The monoisotopic (exact) mass is 430 g/mol. The van der Waals surface area contributed by atoms with E-state index in [2.05, 4.69) is 10.2 Å². The molecule has 4 rings (SSSR count). The molecule has 2 aromatic carbocycles. The number of ether oxygens (including phenoxy) is 1. The van der Waals surface area contributed by atoms with Crippen molar-refractivity contribution in [2.75, 3.05) is 25.0 Å². The van der Waals surface area contributed by atoms with Crippen molar-refractivity contribution < 1.29 is 19.7 Å². The van der Waals surface area contributed by atoms with Gasteiger partial charge in [0.25, 0.3) is 0 Å². The maximum absolute atomic E-state index is 11.1. The van der Waals surface area contributed by atoms with Crippen molar-refractivity contribution in [2.45, 2.75) is 44.0 Å². The van der Waals surface area contributed by atoms with Crippen LogP contribution in [0.3, 0.4) is 0 Å². The van der Waals surface area contributed by atoms with Crippen molar-refractivity contribution in [3.05, 3.63) is 58.6 Å². The summed E-state index contributed by atoms with van der Waals surface area (Å²) >= 11 is 6.05. The molecule has 2 aliphatic rings. The Labute approximate surface area is 181 Å². The molecule has 0 radical (unpaired) electrons. The van der Waals surface area contributed by atoms with Crippen LogP contribution in [0.15, 0.2) is 42.5 Å². The summed E-state index contributed by atoms with van der Waals surface area (Å²) in [5, 5.41) is 24.6. The molecule has 0 saturated carbocycles. The number of hydrogen-bond donors (Lipinski definition) is 3. The summed E-state index contributed by atoms with van der Waals surface area (Å²) in [7, 11) is 0. The maximum Gasteiger partial charge on any atom is 0.221 e. The second-order valence-corrected chi connectivity index (χ2v) is 8.74.